The quantitative estimate of drug-likeness (QED) is 0.907. The molecule has 5 nitrogen and oxygen atoms in total. The van der Waals surface area contributed by atoms with Gasteiger partial charge in [0.2, 0.25) is 0 Å². The summed E-state index contributed by atoms with van der Waals surface area (Å²) >= 11 is 5.93. The van der Waals surface area contributed by atoms with Gasteiger partial charge in [-0.3, -0.25) is 9.78 Å². The fraction of sp³-hybridized carbons (Fsp3) is 0.143. The van der Waals surface area contributed by atoms with Crippen molar-refractivity contribution in [2.45, 2.75) is 6.54 Å². The van der Waals surface area contributed by atoms with Crippen LogP contribution in [0.5, 0.6) is 5.75 Å². The Balaban J connectivity index is 2.18. The van der Waals surface area contributed by atoms with Gasteiger partial charge in [-0.25, -0.2) is 0 Å². The molecule has 2 rings (SSSR count). The summed E-state index contributed by atoms with van der Waals surface area (Å²) < 4.78 is 5.10. The fourth-order valence-electron chi connectivity index (χ4n) is 1.67. The van der Waals surface area contributed by atoms with E-state index in [0.29, 0.717) is 27.7 Å². The molecule has 0 aliphatic rings. The van der Waals surface area contributed by atoms with Crippen LogP contribution >= 0.6 is 11.6 Å². The van der Waals surface area contributed by atoms with Crippen LogP contribution in [0.25, 0.3) is 0 Å². The number of pyridine rings is 1. The van der Waals surface area contributed by atoms with E-state index in [1.807, 2.05) is 0 Å². The van der Waals surface area contributed by atoms with E-state index >= 15 is 0 Å². The number of nitrogens with zero attached hydrogens (tertiary/aromatic N) is 1. The maximum absolute atomic E-state index is 12.1. The number of hydrogen-bond donors (Lipinski definition) is 2. The summed E-state index contributed by atoms with van der Waals surface area (Å²) in [5.74, 6) is 0.258. The van der Waals surface area contributed by atoms with Crippen LogP contribution in [0.3, 0.4) is 0 Å². The Morgan fingerprint density at radius 3 is 2.90 bits per heavy atom. The number of rotatable bonds is 4. The summed E-state index contributed by atoms with van der Waals surface area (Å²) in [6.07, 6.45) is 1.56. The molecule has 1 heterocycles. The maximum atomic E-state index is 12.1. The highest BCUT2D eigenvalue weighted by atomic mass is 35.5. The number of aromatic nitrogens is 1. The Labute approximate surface area is 121 Å². The molecule has 6 heteroatoms. The predicted molar refractivity (Wildman–Crippen MR) is 78.1 cm³/mol. The molecule has 3 N–H and O–H groups in total. The van der Waals surface area contributed by atoms with Gasteiger partial charge in [0.05, 0.1) is 17.8 Å². The number of benzene rings is 1. The molecule has 0 fully saturated rings. The first-order valence-corrected chi connectivity index (χ1v) is 6.31. The minimum atomic E-state index is -0.244. The first-order valence-electron chi connectivity index (χ1n) is 5.94. The van der Waals surface area contributed by atoms with Gasteiger partial charge in [-0.1, -0.05) is 11.6 Å². The van der Waals surface area contributed by atoms with E-state index in [9.17, 15) is 4.79 Å². The lowest BCUT2D eigenvalue weighted by Gasteiger charge is -2.09. The van der Waals surface area contributed by atoms with Crippen LogP contribution in [0.1, 0.15) is 16.1 Å². The first-order chi connectivity index (χ1) is 9.63. The lowest BCUT2D eigenvalue weighted by atomic mass is 10.2. The van der Waals surface area contributed by atoms with E-state index < -0.39 is 0 Å². The number of halogens is 1. The summed E-state index contributed by atoms with van der Waals surface area (Å²) in [4.78, 5) is 16.2. The molecule has 0 saturated heterocycles. The third-order valence-electron chi connectivity index (χ3n) is 2.70. The van der Waals surface area contributed by atoms with Gasteiger partial charge in [-0.05, 0) is 24.3 Å². The number of nitrogens with one attached hydrogen (secondary N) is 1. The van der Waals surface area contributed by atoms with Crippen molar-refractivity contribution in [1.29, 1.82) is 0 Å². The summed E-state index contributed by atoms with van der Waals surface area (Å²) in [5.41, 5.74) is 7.25. The van der Waals surface area contributed by atoms with Crippen LogP contribution in [0.4, 0.5) is 5.69 Å². The third kappa shape index (κ3) is 3.26. The maximum Gasteiger partial charge on any atom is 0.255 e. The van der Waals surface area contributed by atoms with Crippen LogP contribution < -0.4 is 15.8 Å². The minimum absolute atomic E-state index is 0.244. The van der Waals surface area contributed by atoms with Crippen molar-refractivity contribution < 1.29 is 9.53 Å². The van der Waals surface area contributed by atoms with Crippen LogP contribution in [0.15, 0.2) is 36.5 Å². The van der Waals surface area contributed by atoms with E-state index in [-0.39, 0.29) is 12.5 Å². The van der Waals surface area contributed by atoms with E-state index in [2.05, 4.69) is 10.3 Å². The van der Waals surface area contributed by atoms with Gasteiger partial charge in [0.25, 0.3) is 5.91 Å². The average molecular weight is 292 g/mol. The average Bonchev–Trinajstić information content (AvgIpc) is 2.49. The van der Waals surface area contributed by atoms with Crippen LogP contribution in [0.2, 0.25) is 5.02 Å². The fourth-order valence-corrected chi connectivity index (χ4v) is 1.87. The highest BCUT2D eigenvalue weighted by Gasteiger charge is 2.09. The Morgan fingerprint density at radius 1 is 1.40 bits per heavy atom. The highest BCUT2D eigenvalue weighted by molar-refractivity contribution is 6.32. The topological polar surface area (TPSA) is 77.2 Å². The molecule has 20 heavy (non-hydrogen) atoms. The number of anilines is 1. The van der Waals surface area contributed by atoms with Crippen molar-refractivity contribution >= 4 is 23.2 Å². The smallest absolute Gasteiger partial charge is 0.255 e. The molecule has 0 unspecified atom stereocenters. The van der Waals surface area contributed by atoms with Crippen LogP contribution in [0, 0.1) is 0 Å². The van der Waals surface area contributed by atoms with Crippen molar-refractivity contribution in [3.05, 3.63) is 52.8 Å². The first kappa shape index (κ1) is 14.3. The van der Waals surface area contributed by atoms with Crippen LogP contribution in [-0.4, -0.2) is 18.0 Å². The molecule has 1 aromatic carbocycles. The molecule has 0 saturated carbocycles. The summed E-state index contributed by atoms with van der Waals surface area (Å²) in [7, 11) is 1.52. The summed E-state index contributed by atoms with van der Waals surface area (Å²) in [6.45, 7) is 0.288. The van der Waals surface area contributed by atoms with Gasteiger partial charge in [0.1, 0.15) is 5.75 Å². The van der Waals surface area contributed by atoms with E-state index in [1.54, 1.807) is 36.5 Å². The van der Waals surface area contributed by atoms with E-state index in [0.717, 1.165) is 0 Å². The summed E-state index contributed by atoms with van der Waals surface area (Å²) in [5, 5.41) is 3.25. The van der Waals surface area contributed by atoms with E-state index in [4.69, 9.17) is 22.1 Å². The normalized spacial score (nSPS) is 10.2. The Morgan fingerprint density at radius 2 is 2.20 bits per heavy atom. The molecule has 1 aromatic heterocycles. The molecule has 0 spiro atoms. The third-order valence-corrected chi connectivity index (χ3v) is 3.01. The molecule has 2 aromatic rings. The molecular weight excluding hydrogens is 278 g/mol. The Bertz CT molecular complexity index is 632. The highest BCUT2D eigenvalue weighted by Crippen LogP contribution is 2.27. The van der Waals surface area contributed by atoms with Crippen molar-refractivity contribution in [2.24, 2.45) is 5.73 Å². The van der Waals surface area contributed by atoms with Crippen molar-refractivity contribution in [3.63, 3.8) is 0 Å². The van der Waals surface area contributed by atoms with Crippen LogP contribution in [-0.2, 0) is 6.54 Å². The molecule has 0 aliphatic carbocycles. The lowest BCUT2D eigenvalue weighted by molar-refractivity contribution is 0.102. The van der Waals surface area contributed by atoms with Crippen molar-refractivity contribution in [1.82, 2.24) is 4.98 Å². The van der Waals surface area contributed by atoms with Gasteiger partial charge >= 0.3 is 0 Å². The second-order valence-electron chi connectivity index (χ2n) is 4.04. The minimum Gasteiger partial charge on any atom is -0.495 e. The second-order valence-corrected chi connectivity index (χ2v) is 4.45. The number of carbonyl (C=O) groups excluding carboxylic acids is 1. The molecular formula is C14H14ClN3O2. The molecule has 1 amide bonds. The number of hydrogen-bond acceptors (Lipinski definition) is 4. The zero-order valence-electron chi connectivity index (χ0n) is 10.9. The molecule has 0 aliphatic heterocycles. The van der Waals surface area contributed by atoms with E-state index in [1.165, 1.54) is 7.11 Å². The SMILES string of the molecule is COc1cc(NC(=O)c2ccnc(CN)c2)ccc1Cl. The van der Waals surface area contributed by atoms with Gasteiger partial charge < -0.3 is 15.8 Å². The molecule has 0 bridgehead atoms. The van der Waals surface area contributed by atoms with Crippen molar-refractivity contribution in [3.8, 4) is 5.75 Å². The number of ether oxygens (including phenoxy) is 1. The molecule has 0 atom stereocenters. The van der Waals surface area contributed by atoms with Crippen molar-refractivity contribution in [2.75, 3.05) is 12.4 Å². The number of carbonyl (C=O) groups is 1. The standard InChI is InChI=1S/C14H14ClN3O2/c1-20-13-7-10(2-3-12(13)15)18-14(19)9-4-5-17-11(6-9)8-16/h2-7H,8,16H2,1H3,(H,18,19). The zero-order chi connectivity index (χ0) is 14.5. The molecule has 104 valence electrons. The van der Waals surface area contributed by atoms with Gasteiger partial charge in [0.15, 0.2) is 0 Å². The monoisotopic (exact) mass is 291 g/mol. The largest absolute Gasteiger partial charge is 0.495 e. The lowest BCUT2D eigenvalue weighted by Crippen LogP contribution is -2.13. The molecule has 0 radical (unpaired) electrons. The predicted octanol–water partition coefficient (Wildman–Crippen LogP) is 2.45. The Kier molecular flexibility index (Phi) is 4.55. The van der Waals surface area contributed by atoms with Gasteiger partial charge in [-0.2, -0.15) is 0 Å². The number of amides is 1. The zero-order valence-corrected chi connectivity index (χ0v) is 11.6. The number of nitrogens with two attached hydrogens (primary N) is 1. The second kappa shape index (κ2) is 6.36. The Hall–Kier alpha value is -2.11. The number of methoxy groups -OCH3 is 1. The summed E-state index contributed by atoms with van der Waals surface area (Å²) in [6, 6.07) is 8.30. The van der Waals surface area contributed by atoms with Gasteiger partial charge in [0, 0.05) is 30.1 Å². The van der Waals surface area contributed by atoms with Gasteiger partial charge in [-0.15, -0.1) is 0 Å².